The van der Waals surface area contributed by atoms with Crippen LogP contribution < -0.4 is 0 Å². The van der Waals surface area contributed by atoms with Crippen LogP contribution in [0.4, 0.5) is 0 Å². The summed E-state index contributed by atoms with van der Waals surface area (Å²) in [6.07, 6.45) is 0. The molecule has 0 aliphatic rings. The lowest BCUT2D eigenvalue weighted by Gasteiger charge is -2.18. The van der Waals surface area contributed by atoms with Gasteiger partial charge in [0.05, 0.1) is 0 Å². The summed E-state index contributed by atoms with van der Waals surface area (Å²) < 4.78 is 12.5. The maximum Gasteiger partial charge on any atom is 0.136 e. The zero-order valence-electron chi connectivity index (χ0n) is 30.3. The van der Waals surface area contributed by atoms with Crippen molar-refractivity contribution in [3.05, 3.63) is 194 Å². The fourth-order valence-corrected chi connectivity index (χ4v) is 9.06. The van der Waals surface area contributed by atoms with Crippen LogP contribution in [0.1, 0.15) is 0 Å². The van der Waals surface area contributed by atoms with Gasteiger partial charge in [-0.15, -0.1) is 0 Å². The van der Waals surface area contributed by atoms with E-state index in [1.807, 2.05) is 12.1 Å². The predicted molar refractivity (Wildman–Crippen MR) is 235 cm³/mol. The number of para-hydroxylation sites is 1. The highest BCUT2D eigenvalue weighted by atomic mass is 16.3. The molecule has 0 spiro atoms. The zero-order valence-corrected chi connectivity index (χ0v) is 30.3. The van der Waals surface area contributed by atoms with E-state index in [0.29, 0.717) is 0 Å². The van der Waals surface area contributed by atoms with Crippen molar-refractivity contribution >= 4 is 76.2 Å². The van der Waals surface area contributed by atoms with Gasteiger partial charge in [0.1, 0.15) is 22.3 Å². The minimum Gasteiger partial charge on any atom is -0.456 e. The Morgan fingerprint density at radius 2 is 0.643 bits per heavy atom. The molecule has 0 N–H and O–H groups in total. The first-order valence-electron chi connectivity index (χ1n) is 19.2. The second-order valence-corrected chi connectivity index (χ2v) is 14.8. The highest BCUT2D eigenvalue weighted by Gasteiger charge is 2.19. The fourth-order valence-electron chi connectivity index (χ4n) is 9.06. The maximum absolute atomic E-state index is 6.40. The lowest BCUT2D eigenvalue weighted by molar-refractivity contribution is 0.669. The Balaban J connectivity index is 0.999. The topological polar surface area (TPSA) is 26.3 Å². The average Bonchev–Trinajstić information content (AvgIpc) is 3.81. The molecule has 0 fully saturated rings. The summed E-state index contributed by atoms with van der Waals surface area (Å²) in [7, 11) is 0. The van der Waals surface area contributed by atoms with Gasteiger partial charge in [-0.3, -0.25) is 0 Å². The van der Waals surface area contributed by atoms with E-state index in [4.69, 9.17) is 8.83 Å². The van der Waals surface area contributed by atoms with E-state index in [1.165, 1.54) is 76.8 Å². The van der Waals surface area contributed by atoms with E-state index in [2.05, 4.69) is 182 Å². The van der Waals surface area contributed by atoms with Gasteiger partial charge in [-0.2, -0.15) is 0 Å². The molecule has 2 heteroatoms. The van der Waals surface area contributed by atoms with Gasteiger partial charge in [-0.05, 0) is 119 Å². The minimum absolute atomic E-state index is 0.904. The van der Waals surface area contributed by atoms with Crippen molar-refractivity contribution < 1.29 is 8.83 Å². The molecule has 12 aromatic rings. The van der Waals surface area contributed by atoms with Crippen LogP contribution in [0.2, 0.25) is 0 Å². The lowest BCUT2D eigenvalue weighted by atomic mass is 9.85. The van der Waals surface area contributed by atoms with Crippen LogP contribution in [-0.2, 0) is 0 Å². The van der Waals surface area contributed by atoms with Crippen molar-refractivity contribution in [1.82, 2.24) is 0 Å². The highest BCUT2D eigenvalue weighted by molar-refractivity contribution is 6.22. The summed E-state index contributed by atoms with van der Waals surface area (Å²) in [4.78, 5) is 0. The van der Waals surface area contributed by atoms with Gasteiger partial charge in [0.15, 0.2) is 0 Å². The Morgan fingerprint density at radius 1 is 0.232 bits per heavy atom. The molecular formula is C54H32O2. The Bertz CT molecular complexity index is 3470. The average molecular weight is 713 g/mol. The molecule has 56 heavy (non-hydrogen) atoms. The second kappa shape index (κ2) is 12.0. The molecule has 2 heterocycles. The summed E-state index contributed by atoms with van der Waals surface area (Å²) in [5.74, 6) is 0. The Morgan fingerprint density at radius 3 is 1.32 bits per heavy atom. The number of fused-ring (bicyclic) bond motifs is 9. The van der Waals surface area contributed by atoms with Crippen molar-refractivity contribution in [1.29, 1.82) is 0 Å². The molecule has 0 aliphatic carbocycles. The molecule has 12 rings (SSSR count). The number of benzene rings is 10. The van der Waals surface area contributed by atoms with E-state index >= 15 is 0 Å². The Labute approximate surface area is 322 Å². The van der Waals surface area contributed by atoms with Crippen LogP contribution in [0.3, 0.4) is 0 Å². The highest BCUT2D eigenvalue weighted by Crippen LogP contribution is 2.46. The van der Waals surface area contributed by atoms with Crippen molar-refractivity contribution in [2.75, 3.05) is 0 Å². The van der Waals surface area contributed by atoms with Crippen LogP contribution in [0.15, 0.2) is 203 Å². The number of hydrogen-bond acceptors (Lipinski definition) is 2. The number of hydrogen-bond donors (Lipinski definition) is 0. The van der Waals surface area contributed by atoms with Gasteiger partial charge in [-0.25, -0.2) is 0 Å². The van der Waals surface area contributed by atoms with Crippen molar-refractivity contribution in [3.63, 3.8) is 0 Å². The van der Waals surface area contributed by atoms with Crippen LogP contribution in [0.25, 0.3) is 121 Å². The molecule has 0 amide bonds. The standard InChI is InChI=1S/C54H32O2/c1-2-12-36-32-52-48(29-35(36)11-1)47-31-38(26-28-51(47)56-52)54-44-18-7-5-16-42(44)53(43-17-6-8-19-45(43)54)34-23-21-33(22-24-34)39-13-3-4-14-40(39)37-25-27-50-46(30-37)41-15-9-10-20-49(41)55-50/h1-32H. The van der Waals surface area contributed by atoms with Crippen LogP contribution in [-0.4, -0.2) is 0 Å². The van der Waals surface area contributed by atoms with Gasteiger partial charge in [0.2, 0.25) is 0 Å². The van der Waals surface area contributed by atoms with Crippen molar-refractivity contribution in [2.45, 2.75) is 0 Å². The van der Waals surface area contributed by atoms with Gasteiger partial charge in [-0.1, -0.05) is 152 Å². The molecule has 0 unspecified atom stereocenters. The van der Waals surface area contributed by atoms with E-state index < -0.39 is 0 Å². The molecular weight excluding hydrogens is 681 g/mol. The summed E-state index contributed by atoms with van der Waals surface area (Å²) in [6, 6.07) is 70.0. The Kier molecular flexibility index (Phi) is 6.66. The molecule has 0 aliphatic heterocycles. The molecule has 0 bridgehead atoms. The summed E-state index contributed by atoms with van der Waals surface area (Å²) >= 11 is 0. The minimum atomic E-state index is 0.904. The molecule has 0 atom stereocenters. The summed E-state index contributed by atoms with van der Waals surface area (Å²) in [6.45, 7) is 0. The molecule has 260 valence electrons. The third-order valence-electron chi connectivity index (χ3n) is 11.7. The molecule has 0 saturated heterocycles. The van der Waals surface area contributed by atoms with Gasteiger partial charge in [0.25, 0.3) is 0 Å². The molecule has 10 aromatic carbocycles. The molecule has 0 radical (unpaired) electrons. The van der Waals surface area contributed by atoms with E-state index in [-0.39, 0.29) is 0 Å². The quantitative estimate of drug-likeness (QED) is 0.170. The number of rotatable bonds is 4. The summed E-state index contributed by atoms with van der Waals surface area (Å²) in [5, 5.41) is 11.9. The van der Waals surface area contributed by atoms with Gasteiger partial charge in [0, 0.05) is 21.5 Å². The first-order valence-corrected chi connectivity index (χ1v) is 19.2. The predicted octanol–water partition coefficient (Wildman–Crippen LogP) is 15.6. The Hall–Kier alpha value is -7.42. The number of furan rings is 2. The molecule has 2 aromatic heterocycles. The second-order valence-electron chi connectivity index (χ2n) is 14.8. The van der Waals surface area contributed by atoms with E-state index in [0.717, 1.165) is 43.9 Å². The maximum atomic E-state index is 6.40. The fraction of sp³-hybridized carbons (Fsp3) is 0. The van der Waals surface area contributed by atoms with Crippen LogP contribution in [0.5, 0.6) is 0 Å². The largest absolute Gasteiger partial charge is 0.456 e. The first kappa shape index (κ1) is 31.0. The van der Waals surface area contributed by atoms with E-state index in [1.54, 1.807) is 0 Å². The van der Waals surface area contributed by atoms with Crippen molar-refractivity contribution in [2.24, 2.45) is 0 Å². The first-order chi connectivity index (χ1) is 27.7. The SMILES string of the molecule is c1ccc(-c2ccc3oc4ccccc4c3c2)c(-c2ccc(-c3c4ccccc4c(-c4ccc5oc6cc7ccccc7cc6c5c4)c4ccccc34)cc2)c1. The third kappa shape index (κ3) is 4.69. The monoisotopic (exact) mass is 712 g/mol. The molecule has 0 saturated carbocycles. The van der Waals surface area contributed by atoms with Crippen LogP contribution >= 0.6 is 0 Å². The van der Waals surface area contributed by atoms with Gasteiger partial charge < -0.3 is 8.83 Å². The van der Waals surface area contributed by atoms with E-state index in [9.17, 15) is 0 Å². The third-order valence-corrected chi connectivity index (χ3v) is 11.7. The lowest BCUT2D eigenvalue weighted by Crippen LogP contribution is -1.91. The molecule has 2 nitrogen and oxygen atoms in total. The normalized spacial score (nSPS) is 11.9. The van der Waals surface area contributed by atoms with Crippen LogP contribution in [0, 0.1) is 0 Å². The zero-order chi connectivity index (χ0) is 36.7. The van der Waals surface area contributed by atoms with Gasteiger partial charge >= 0.3 is 0 Å². The summed E-state index contributed by atoms with van der Waals surface area (Å²) in [5.41, 5.74) is 13.3. The smallest absolute Gasteiger partial charge is 0.136 e. The van der Waals surface area contributed by atoms with Crippen molar-refractivity contribution in [3.8, 4) is 44.5 Å².